The summed E-state index contributed by atoms with van der Waals surface area (Å²) in [4.78, 5) is 0. The maximum Gasteiger partial charge on any atom is 0.194 e. The highest BCUT2D eigenvalue weighted by Gasteiger charge is 2.29. The summed E-state index contributed by atoms with van der Waals surface area (Å²) in [5.74, 6) is -5.19. The molecule has 0 amide bonds. The first-order valence-electron chi connectivity index (χ1n) is 12.7. The number of hydrogen-bond donors (Lipinski definition) is 0. The molecule has 1 nitrogen and oxygen atoms in total. The molecule has 4 rings (SSSR count). The third-order valence-corrected chi connectivity index (χ3v) is 7.26. The van der Waals surface area contributed by atoms with E-state index in [0.717, 1.165) is 44.2 Å². The molecule has 1 fully saturated rings. The minimum absolute atomic E-state index is 0.0407. The Morgan fingerprint density at radius 1 is 0.806 bits per heavy atom. The number of benzene rings is 3. The van der Waals surface area contributed by atoms with Gasteiger partial charge in [0.1, 0.15) is 11.6 Å². The second kappa shape index (κ2) is 11.4. The van der Waals surface area contributed by atoms with Gasteiger partial charge < -0.3 is 4.74 Å². The highest BCUT2D eigenvalue weighted by atomic mass is 19.2. The monoisotopic (exact) mass is 502 g/mol. The average molecular weight is 503 g/mol. The Labute approximate surface area is 209 Å². The van der Waals surface area contributed by atoms with Crippen molar-refractivity contribution in [3.63, 3.8) is 0 Å². The number of para-hydroxylation sites is 1. The molecule has 0 saturated heterocycles. The van der Waals surface area contributed by atoms with Crippen LogP contribution >= 0.6 is 0 Å². The van der Waals surface area contributed by atoms with Crippen molar-refractivity contribution >= 4 is 0 Å². The number of hydrogen-bond acceptors (Lipinski definition) is 1. The molecule has 0 aliphatic heterocycles. The van der Waals surface area contributed by atoms with Crippen LogP contribution in [0.4, 0.5) is 22.0 Å². The van der Waals surface area contributed by atoms with Gasteiger partial charge in [-0.05, 0) is 79.8 Å². The van der Waals surface area contributed by atoms with E-state index in [1.807, 2.05) is 0 Å². The summed E-state index contributed by atoms with van der Waals surface area (Å²) >= 11 is 0. The van der Waals surface area contributed by atoms with Crippen molar-refractivity contribution in [1.29, 1.82) is 0 Å². The molecular weight excluding hydrogens is 471 g/mol. The van der Waals surface area contributed by atoms with Crippen LogP contribution in [0.3, 0.4) is 0 Å². The second-order valence-electron chi connectivity index (χ2n) is 9.80. The molecule has 1 aliphatic rings. The van der Waals surface area contributed by atoms with Gasteiger partial charge in [0.25, 0.3) is 0 Å². The SMILES string of the molecule is CCCCCC1CCC(c2c(F)cc(C)c(Oc3ccccc3-c3cc(F)c(F)c(F)c3)c2F)CC1. The van der Waals surface area contributed by atoms with E-state index in [0.29, 0.717) is 5.92 Å². The zero-order chi connectivity index (χ0) is 25.8. The van der Waals surface area contributed by atoms with Crippen molar-refractivity contribution in [1.82, 2.24) is 0 Å². The fourth-order valence-corrected chi connectivity index (χ4v) is 5.27. The lowest BCUT2D eigenvalue weighted by molar-refractivity contribution is 0.293. The van der Waals surface area contributed by atoms with Crippen LogP contribution in [0.1, 0.15) is 75.3 Å². The molecule has 0 heterocycles. The van der Waals surface area contributed by atoms with E-state index in [1.54, 1.807) is 25.1 Å². The van der Waals surface area contributed by atoms with Gasteiger partial charge in [-0.1, -0.05) is 50.8 Å². The van der Waals surface area contributed by atoms with Crippen molar-refractivity contribution in [2.75, 3.05) is 0 Å². The van der Waals surface area contributed by atoms with Gasteiger partial charge in [-0.2, -0.15) is 0 Å². The third-order valence-electron chi connectivity index (χ3n) is 7.26. The minimum Gasteiger partial charge on any atom is -0.453 e. The number of ether oxygens (including phenoxy) is 1. The summed E-state index contributed by atoms with van der Waals surface area (Å²) in [6.45, 7) is 3.73. The van der Waals surface area contributed by atoms with Gasteiger partial charge in [-0.15, -0.1) is 0 Å². The first-order chi connectivity index (χ1) is 17.3. The van der Waals surface area contributed by atoms with Crippen LogP contribution in [0, 0.1) is 41.9 Å². The van der Waals surface area contributed by atoms with Gasteiger partial charge in [0, 0.05) is 11.1 Å². The van der Waals surface area contributed by atoms with E-state index in [1.165, 1.54) is 31.4 Å². The van der Waals surface area contributed by atoms with Crippen LogP contribution in [-0.2, 0) is 0 Å². The van der Waals surface area contributed by atoms with Gasteiger partial charge in [-0.3, -0.25) is 0 Å². The summed E-state index contributed by atoms with van der Waals surface area (Å²) in [6, 6.07) is 9.32. The highest BCUT2D eigenvalue weighted by molar-refractivity contribution is 5.71. The lowest BCUT2D eigenvalue weighted by Gasteiger charge is -2.30. The van der Waals surface area contributed by atoms with Crippen LogP contribution in [0.2, 0.25) is 0 Å². The molecule has 3 aromatic carbocycles. The highest BCUT2D eigenvalue weighted by Crippen LogP contribution is 2.44. The molecular formula is C30H31F5O. The molecule has 0 aromatic heterocycles. The Balaban J connectivity index is 1.62. The predicted molar refractivity (Wildman–Crippen MR) is 132 cm³/mol. The molecule has 0 bridgehead atoms. The van der Waals surface area contributed by atoms with Crippen LogP contribution in [0.25, 0.3) is 11.1 Å². The fourth-order valence-electron chi connectivity index (χ4n) is 5.27. The van der Waals surface area contributed by atoms with E-state index in [4.69, 9.17) is 4.74 Å². The molecule has 192 valence electrons. The number of rotatable bonds is 8. The van der Waals surface area contributed by atoms with E-state index >= 15 is 8.78 Å². The van der Waals surface area contributed by atoms with E-state index in [2.05, 4.69) is 6.92 Å². The Bertz CT molecular complexity index is 1190. The first kappa shape index (κ1) is 26.2. The minimum atomic E-state index is -1.57. The molecule has 3 aromatic rings. The topological polar surface area (TPSA) is 9.23 Å². The Morgan fingerprint density at radius 2 is 1.47 bits per heavy atom. The molecule has 1 saturated carbocycles. The van der Waals surface area contributed by atoms with E-state index in [-0.39, 0.29) is 39.7 Å². The lowest BCUT2D eigenvalue weighted by atomic mass is 9.76. The molecule has 0 radical (unpaired) electrons. The molecule has 6 heteroatoms. The van der Waals surface area contributed by atoms with Crippen molar-refractivity contribution in [2.45, 2.75) is 71.1 Å². The Kier molecular flexibility index (Phi) is 8.32. The van der Waals surface area contributed by atoms with Crippen molar-refractivity contribution < 1.29 is 26.7 Å². The van der Waals surface area contributed by atoms with Gasteiger partial charge in [-0.25, -0.2) is 22.0 Å². The maximum atomic E-state index is 15.8. The first-order valence-corrected chi connectivity index (χ1v) is 12.7. The molecule has 0 unspecified atom stereocenters. The van der Waals surface area contributed by atoms with Gasteiger partial charge >= 0.3 is 0 Å². The van der Waals surface area contributed by atoms with E-state index < -0.39 is 29.1 Å². The summed E-state index contributed by atoms with van der Waals surface area (Å²) in [5.41, 5.74) is 0.614. The second-order valence-corrected chi connectivity index (χ2v) is 9.80. The van der Waals surface area contributed by atoms with Crippen molar-refractivity contribution in [3.8, 4) is 22.6 Å². The quantitative estimate of drug-likeness (QED) is 0.169. The summed E-state index contributed by atoms with van der Waals surface area (Å²) < 4.78 is 78.0. The number of aryl methyl sites for hydroxylation is 1. The van der Waals surface area contributed by atoms with Gasteiger partial charge in [0.05, 0.1) is 0 Å². The fraction of sp³-hybridized carbons (Fsp3) is 0.400. The standard InChI is InChI=1S/C30H31F5O/c1-3-4-5-8-19-11-13-20(14-12-19)27-23(31)15-18(2)30(29(27)35)36-26-10-7-6-9-22(26)21-16-24(32)28(34)25(33)17-21/h6-7,9-10,15-17,19-20H,3-5,8,11-14H2,1-2H3. The predicted octanol–water partition coefficient (Wildman–Crippen LogP) is 10.0. The largest absolute Gasteiger partial charge is 0.453 e. The Hall–Kier alpha value is -2.89. The number of halogens is 5. The lowest BCUT2D eigenvalue weighted by Crippen LogP contribution is -2.16. The van der Waals surface area contributed by atoms with Crippen molar-refractivity contribution in [3.05, 3.63) is 82.7 Å². The van der Waals surface area contributed by atoms with Crippen LogP contribution in [0.15, 0.2) is 42.5 Å². The van der Waals surface area contributed by atoms with Crippen LogP contribution in [-0.4, -0.2) is 0 Å². The summed E-state index contributed by atoms with van der Waals surface area (Å²) in [6.07, 6.45) is 8.07. The van der Waals surface area contributed by atoms with Crippen LogP contribution < -0.4 is 4.74 Å². The zero-order valence-corrected chi connectivity index (χ0v) is 20.7. The zero-order valence-electron chi connectivity index (χ0n) is 20.7. The molecule has 36 heavy (non-hydrogen) atoms. The maximum absolute atomic E-state index is 15.8. The third kappa shape index (κ3) is 5.58. The normalized spacial score (nSPS) is 17.9. The molecule has 0 spiro atoms. The summed E-state index contributed by atoms with van der Waals surface area (Å²) in [5, 5.41) is 0. The molecule has 0 atom stereocenters. The number of unbranched alkanes of at least 4 members (excludes halogenated alkanes) is 2. The molecule has 0 N–H and O–H groups in total. The smallest absolute Gasteiger partial charge is 0.194 e. The Morgan fingerprint density at radius 3 is 2.14 bits per heavy atom. The molecule has 1 aliphatic carbocycles. The average Bonchev–Trinajstić information content (AvgIpc) is 2.86. The van der Waals surface area contributed by atoms with Crippen molar-refractivity contribution in [2.24, 2.45) is 5.92 Å². The van der Waals surface area contributed by atoms with Crippen LogP contribution in [0.5, 0.6) is 11.5 Å². The van der Waals surface area contributed by atoms with E-state index in [9.17, 15) is 13.2 Å². The summed E-state index contributed by atoms with van der Waals surface area (Å²) in [7, 11) is 0. The van der Waals surface area contributed by atoms with Gasteiger partial charge in [0.15, 0.2) is 29.0 Å². The van der Waals surface area contributed by atoms with Gasteiger partial charge in [0.2, 0.25) is 0 Å².